The summed E-state index contributed by atoms with van der Waals surface area (Å²) < 4.78 is 11.5. The number of ether oxygens (including phenoxy) is 2. The van der Waals surface area contributed by atoms with E-state index in [9.17, 15) is 14.4 Å². The molecule has 9 heteroatoms. The summed E-state index contributed by atoms with van der Waals surface area (Å²) in [5, 5.41) is 4.50. The maximum atomic E-state index is 14.1. The van der Waals surface area contributed by atoms with Gasteiger partial charge in [-0.1, -0.05) is 67.6 Å². The molecule has 2 fully saturated rings. The number of methoxy groups -OCH3 is 1. The summed E-state index contributed by atoms with van der Waals surface area (Å²) in [5.74, 6) is -1.73. The Morgan fingerprint density at radius 3 is 2.07 bits per heavy atom. The molecule has 4 rings (SSSR count). The molecule has 4 unspecified atom stereocenters. The van der Waals surface area contributed by atoms with Gasteiger partial charge in [-0.25, -0.2) is 9.86 Å². The van der Waals surface area contributed by atoms with E-state index in [1.807, 2.05) is 81.4 Å². The highest BCUT2D eigenvalue weighted by Crippen LogP contribution is 2.32. The van der Waals surface area contributed by atoms with Gasteiger partial charge in [0, 0.05) is 26.1 Å². The van der Waals surface area contributed by atoms with Crippen LogP contribution in [0.3, 0.4) is 0 Å². The third-order valence-corrected chi connectivity index (χ3v) is 7.95. The summed E-state index contributed by atoms with van der Waals surface area (Å²) >= 11 is 0. The van der Waals surface area contributed by atoms with Crippen LogP contribution in [0.4, 0.5) is 4.79 Å². The SMILES string of the molecule is COC(C(C)C(=O)NC(C(=O)N1CCCCO1)C(c1ccccc1)c1ccccc1)C1CCCN1C(=O)OC(C)(C)C. The first-order valence-corrected chi connectivity index (χ1v) is 15.0. The minimum Gasteiger partial charge on any atom is -0.444 e. The zero-order chi connectivity index (χ0) is 30.3. The van der Waals surface area contributed by atoms with Crippen LogP contribution in [0.25, 0.3) is 0 Å². The molecule has 0 aromatic heterocycles. The molecule has 42 heavy (non-hydrogen) atoms. The van der Waals surface area contributed by atoms with Gasteiger partial charge < -0.3 is 19.7 Å². The van der Waals surface area contributed by atoms with E-state index in [1.165, 1.54) is 5.06 Å². The van der Waals surface area contributed by atoms with Crippen LogP contribution in [0.2, 0.25) is 0 Å². The van der Waals surface area contributed by atoms with E-state index in [4.69, 9.17) is 14.3 Å². The molecular weight excluding hydrogens is 534 g/mol. The van der Waals surface area contributed by atoms with Crippen LogP contribution in [0, 0.1) is 5.92 Å². The fourth-order valence-electron chi connectivity index (χ4n) is 5.92. The Bertz CT molecular complexity index is 1140. The zero-order valence-electron chi connectivity index (χ0n) is 25.5. The van der Waals surface area contributed by atoms with Crippen molar-refractivity contribution in [3.05, 3.63) is 71.8 Å². The molecule has 0 saturated carbocycles. The Labute approximate surface area is 249 Å². The van der Waals surface area contributed by atoms with Gasteiger partial charge in [0.25, 0.3) is 5.91 Å². The van der Waals surface area contributed by atoms with Crippen molar-refractivity contribution in [2.24, 2.45) is 5.92 Å². The first-order chi connectivity index (χ1) is 20.1. The van der Waals surface area contributed by atoms with E-state index in [-0.39, 0.29) is 17.9 Å². The number of amides is 3. The topological polar surface area (TPSA) is 97.4 Å². The predicted molar refractivity (Wildman–Crippen MR) is 159 cm³/mol. The maximum absolute atomic E-state index is 14.1. The van der Waals surface area contributed by atoms with Gasteiger partial charge in [-0.05, 0) is 57.6 Å². The first-order valence-electron chi connectivity index (χ1n) is 15.0. The number of nitrogens with zero attached hydrogens (tertiary/aromatic N) is 2. The van der Waals surface area contributed by atoms with E-state index in [2.05, 4.69) is 5.32 Å². The summed E-state index contributed by atoms with van der Waals surface area (Å²) in [4.78, 5) is 48.6. The molecule has 0 radical (unpaired) electrons. The minimum absolute atomic E-state index is 0.293. The Morgan fingerprint density at radius 2 is 1.55 bits per heavy atom. The van der Waals surface area contributed by atoms with Crippen molar-refractivity contribution in [3.8, 4) is 0 Å². The fraction of sp³-hybridized carbons (Fsp3) is 0.545. The molecule has 2 heterocycles. The van der Waals surface area contributed by atoms with E-state index in [0.717, 1.165) is 30.4 Å². The van der Waals surface area contributed by atoms with Crippen LogP contribution in [-0.2, 0) is 23.9 Å². The Balaban J connectivity index is 1.63. The van der Waals surface area contributed by atoms with Crippen molar-refractivity contribution in [3.63, 3.8) is 0 Å². The third-order valence-electron chi connectivity index (χ3n) is 7.95. The highest BCUT2D eigenvalue weighted by molar-refractivity contribution is 5.89. The highest BCUT2D eigenvalue weighted by Gasteiger charge is 2.43. The van der Waals surface area contributed by atoms with Crippen LogP contribution < -0.4 is 5.32 Å². The van der Waals surface area contributed by atoms with E-state index >= 15 is 0 Å². The van der Waals surface area contributed by atoms with Crippen molar-refractivity contribution < 1.29 is 28.7 Å². The van der Waals surface area contributed by atoms with Crippen LogP contribution in [0.1, 0.15) is 70.4 Å². The number of hydrogen-bond acceptors (Lipinski definition) is 6. The number of rotatable bonds is 9. The summed E-state index contributed by atoms with van der Waals surface area (Å²) in [6.45, 7) is 8.74. The van der Waals surface area contributed by atoms with E-state index in [1.54, 1.807) is 18.9 Å². The molecule has 2 aliphatic rings. The van der Waals surface area contributed by atoms with Crippen molar-refractivity contribution in [1.29, 1.82) is 0 Å². The number of nitrogens with one attached hydrogen (secondary N) is 1. The van der Waals surface area contributed by atoms with Crippen molar-refractivity contribution >= 4 is 17.9 Å². The third kappa shape index (κ3) is 7.69. The largest absolute Gasteiger partial charge is 0.444 e. The average molecular weight is 580 g/mol. The van der Waals surface area contributed by atoms with E-state index < -0.39 is 35.7 Å². The van der Waals surface area contributed by atoms with Gasteiger partial charge in [-0.15, -0.1) is 0 Å². The van der Waals surface area contributed by atoms with Gasteiger partial charge in [0.1, 0.15) is 11.6 Å². The lowest BCUT2D eigenvalue weighted by atomic mass is 9.83. The van der Waals surface area contributed by atoms with Crippen LogP contribution in [0.15, 0.2) is 60.7 Å². The van der Waals surface area contributed by atoms with Crippen LogP contribution in [0.5, 0.6) is 0 Å². The second-order valence-electron chi connectivity index (χ2n) is 12.1. The Morgan fingerprint density at radius 1 is 0.929 bits per heavy atom. The lowest BCUT2D eigenvalue weighted by Crippen LogP contribution is -2.56. The molecule has 1 N–H and O–H groups in total. The average Bonchev–Trinajstić information content (AvgIpc) is 3.47. The molecule has 2 aliphatic heterocycles. The summed E-state index contributed by atoms with van der Waals surface area (Å²) in [6, 6.07) is 18.2. The molecule has 9 nitrogen and oxygen atoms in total. The normalized spacial score (nSPS) is 19.7. The van der Waals surface area contributed by atoms with Gasteiger partial charge in [0.2, 0.25) is 5.91 Å². The van der Waals surface area contributed by atoms with Gasteiger partial charge >= 0.3 is 6.09 Å². The van der Waals surface area contributed by atoms with Crippen molar-refractivity contribution in [2.75, 3.05) is 26.8 Å². The standard InChI is InChI=1S/C33H45N3O6/c1-23(29(40-5)26-19-14-20-35(26)32(39)42-33(2,3)4)30(37)34-28(31(38)36-21-12-13-22-41-36)27(24-15-8-6-9-16-24)25-17-10-7-11-18-25/h6-11,15-18,23,26-29H,12-14,19-22H2,1-5H3,(H,34,37). The molecular formula is C33H45N3O6. The monoisotopic (exact) mass is 579 g/mol. The highest BCUT2D eigenvalue weighted by atomic mass is 16.7. The summed E-state index contributed by atoms with van der Waals surface area (Å²) in [6.07, 6.45) is 2.19. The van der Waals surface area contributed by atoms with Crippen LogP contribution >= 0.6 is 0 Å². The molecule has 0 spiro atoms. The fourth-order valence-corrected chi connectivity index (χ4v) is 5.92. The molecule has 4 atom stereocenters. The maximum Gasteiger partial charge on any atom is 0.410 e. The van der Waals surface area contributed by atoms with Gasteiger partial charge in [-0.3, -0.25) is 14.4 Å². The lowest BCUT2D eigenvalue weighted by molar-refractivity contribution is -0.199. The summed E-state index contributed by atoms with van der Waals surface area (Å²) in [7, 11) is 1.56. The van der Waals surface area contributed by atoms with Crippen molar-refractivity contribution in [2.45, 2.75) is 83.1 Å². The lowest BCUT2D eigenvalue weighted by Gasteiger charge is -2.37. The van der Waals surface area contributed by atoms with Gasteiger partial charge in [0.15, 0.2) is 0 Å². The Hall–Kier alpha value is -3.43. The quantitative estimate of drug-likeness (QED) is 0.454. The summed E-state index contributed by atoms with van der Waals surface area (Å²) in [5.41, 5.74) is 1.17. The van der Waals surface area contributed by atoms with E-state index in [0.29, 0.717) is 26.1 Å². The van der Waals surface area contributed by atoms with Gasteiger partial charge in [0.05, 0.1) is 24.7 Å². The predicted octanol–water partition coefficient (Wildman–Crippen LogP) is 4.91. The molecule has 0 aliphatic carbocycles. The first kappa shape index (κ1) is 31.5. The molecule has 2 saturated heterocycles. The number of benzene rings is 2. The molecule has 2 aromatic carbocycles. The second-order valence-corrected chi connectivity index (χ2v) is 12.1. The Kier molecular flexibility index (Phi) is 10.6. The number of hydrogen-bond donors (Lipinski definition) is 1. The number of carbonyl (C=O) groups excluding carboxylic acids is 3. The zero-order valence-corrected chi connectivity index (χ0v) is 25.5. The van der Waals surface area contributed by atoms with Crippen molar-refractivity contribution in [1.82, 2.24) is 15.3 Å². The second kappa shape index (κ2) is 14.2. The number of hydroxylamine groups is 2. The molecule has 3 amide bonds. The molecule has 228 valence electrons. The number of likely N-dealkylation sites (tertiary alicyclic amines) is 1. The van der Waals surface area contributed by atoms with Crippen LogP contribution in [-0.4, -0.2) is 78.5 Å². The minimum atomic E-state index is -0.925. The van der Waals surface area contributed by atoms with Gasteiger partial charge in [-0.2, -0.15) is 0 Å². The smallest absolute Gasteiger partial charge is 0.410 e. The molecule has 2 aromatic rings. The molecule has 0 bridgehead atoms. The number of carbonyl (C=O) groups is 3.